The molecule has 0 bridgehead atoms. The van der Waals surface area contributed by atoms with E-state index in [2.05, 4.69) is 20.8 Å². The van der Waals surface area contributed by atoms with Crippen molar-refractivity contribution in [2.24, 2.45) is 5.10 Å². The summed E-state index contributed by atoms with van der Waals surface area (Å²) in [6.45, 7) is 0. The summed E-state index contributed by atoms with van der Waals surface area (Å²) in [6.07, 6.45) is 1.55. The van der Waals surface area contributed by atoms with Crippen molar-refractivity contribution in [2.45, 2.75) is 0 Å². The molecule has 0 unspecified atom stereocenters. The summed E-state index contributed by atoms with van der Waals surface area (Å²) in [5.74, 6) is 0.379. The number of methoxy groups -OCH3 is 1. The van der Waals surface area contributed by atoms with E-state index in [0.717, 1.165) is 17.0 Å². The number of ether oxygens (including phenoxy) is 1. The second-order valence-corrected chi connectivity index (χ2v) is 6.44. The average Bonchev–Trinajstić information content (AvgIpc) is 3.13. The number of benzene rings is 2. The SMILES string of the molecule is COc1ccc(/C=N/NC(=O)c2csc(Nc3ccc(Cl)cc3)n2)cc1. The van der Waals surface area contributed by atoms with Crippen molar-refractivity contribution in [3.05, 3.63) is 70.2 Å². The quantitative estimate of drug-likeness (QED) is 0.489. The van der Waals surface area contributed by atoms with Crippen LogP contribution in [0.4, 0.5) is 10.8 Å². The first-order valence-corrected chi connectivity index (χ1v) is 8.85. The monoisotopic (exact) mass is 386 g/mol. The van der Waals surface area contributed by atoms with Crippen LogP contribution in [-0.4, -0.2) is 24.2 Å². The molecule has 1 heterocycles. The Morgan fingerprint density at radius 2 is 1.92 bits per heavy atom. The number of nitrogens with one attached hydrogen (secondary N) is 2. The van der Waals surface area contributed by atoms with Crippen LogP contribution in [0.2, 0.25) is 5.02 Å². The Morgan fingerprint density at radius 1 is 1.19 bits per heavy atom. The fourth-order valence-electron chi connectivity index (χ4n) is 2.00. The lowest BCUT2D eigenvalue weighted by molar-refractivity contribution is 0.0951. The lowest BCUT2D eigenvalue weighted by atomic mass is 10.2. The van der Waals surface area contributed by atoms with Crippen LogP contribution in [0, 0.1) is 0 Å². The van der Waals surface area contributed by atoms with Crippen LogP contribution in [-0.2, 0) is 0 Å². The molecule has 132 valence electrons. The van der Waals surface area contributed by atoms with E-state index in [1.807, 2.05) is 36.4 Å². The predicted molar refractivity (Wildman–Crippen MR) is 105 cm³/mol. The van der Waals surface area contributed by atoms with Gasteiger partial charge in [-0.05, 0) is 54.1 Å². The lowest BCUT2D eigenvalue weighted by Gasteiger charge is -2.01. The summed E-state index contributed by atoms with van der Waals surface area (Å²) in [5, 5.41) is 9.99. The van der Waals surface area contributed by atoms with E-state index in [4.69, 9.17) is 16.3 Å². The number of nitrogens with zero attached hydrogens (tertiary/aromatic N) is 2. The molecule has 2 aromatic carbocycles. The second kappa shape index (κ2) is 8.46. The molecule has 0 spiro atoms. The summed E-state index contributed by atoms with van der Waals surface area (Å²) in [7, 11) is 1.60. The Balaban J connectivity index is 1.57. The van der Waals surface area contributed by atoms with Gasteiger partial charge in [0.15, 0.2) is 5.13 Å². The summed E-state index contributed by atoms with van der Waals surface area (Å²) in [5.41, 5.74) is 4.43. The van der Waals surface area contributed by atoms with Gasteiger partial charge in [0.1, 0.15) is 11.4 Å². The zero-order valence-corrected chi connectivity index (χ0v) is 15.3. The maximum atomic E-state index is 12.1. The number of anilines is 2. The zero-order chi connectivity index (χ0) is 18.4. The van der Waals surface area contributed by atoms with Crippen molar-refractivity contribution in [2.75, 3.05) is 12.4 Å². The Bertz CT molecular complexity index is 908. The Kier molecular flexibility index (Phi) is 5.83. The van der Waals surface area contributed by atoms with E-state index in [-0.39, 0.29) is 5.91 Å². The summed E-state index contributed by atoms with van der Waals surface area (Å²) in [6, 6.07) is 14.5. The van der Waals surface area contributed by atoms with Crippen molar-refractivity contribution in [1.82, 2.24) is 10.4 Å². The van der Waals surface area contributed by atoms with E-state index in [0.29, 0.717) is 15.8 Å². The van der Waals surface area contributed by atoms with E-state index < -0.39 is 0 Å². The standard InChI is InChI=1S/C18H15ClN4O2S/c1-25-15-8-2-12(3-9-15)10-20-23-17(24)16-11-26-18(22-16)21-14-6-4-13(19)5-7-14/h2-11H,1H3,(H,21,22)(H,23,24)/b20-10+. The fraction of sp³-hybridized carbons (Fsp3) is 0.0556. The molecule has 8 heteroatoms. The van der Waals surface area contributed by atoms with Crippen LogP contribution in [0.25, 0.3) is 0 Å². The average molecular weight is 387 g/mol. The van der Waals surface area contributed by atoms with Gasteiger partial charge < -0.3 is 10.1 Å². The van der Waals surface area contributed by atoms with Crippen molar-refractivity contribution in [3.63, 3.8) is 0 Å². The molecule has 0 saturated carbocycles. The largest absolute Gasteiger partial charge is 0.497 e. The number of thiazole rings is 1. The van der Waals surface area contributed by atoms with Crippen LogP contribution < -0.4 is 15.5 Å². The van der Waals surface area contributed by atoms with E-state index >= 15 is 0 Å². The van der Waals surface area contributed by atoms with Crippen molar-refractivity contribution < 1.29 is 9.53 Å². The number of aromatic nitrogens is 1. The van der Waals surface area contributed by atoms with E-state index in [1.165, 1.54) is 11.3 Å². The molecular formula is C18H15ClN4O2S. The smallest absolute Gasteiger partial charge is 0.290 e. The molecule has 0 radical (unpaired) electrons. The van der Waals surface area contributed by atoms with Crippen LogP contribution in [0.1, 0.15) is 16.1 Å². The highest BCUT2D eigenvalue weighted by molar-refractivity contribution is 7.14. The minimum absolute atomic E-state index is 0.290. The van der Waals surface area contributed by atoms with Gasteiger partial charge in [0, 0.05) is 16.1 Å². The number of carbonyl (C=O) groups is 1. The highest BCUT2D eigenvalue weighted by atomic mass is 35.5. The minimum atomic E-state index is -0.379. The molecule has 6 nitrogen and oxygen atoms in total. The predicted octanol–water partition coefficient (Wildman–Crippen LogP) is 4.31. The number of hydrogen-bond donors (Lipinski definition) is 2. The number of hydrogen-bond acceptors (Lipinski definition) is 6. The minimum Gasteiger partial charge on any atom is -0.497 e. The van der Waals surface area contributed by atoms with Gasteiger partial charge in [-0.2, -0.15) is 5.10 Å². The van der Waals surface area contributed by atoms with Crippen molar-refractivity contribution in [3.8, 4) is 5.75 Å². The topological polar surface area (TPSA) is 75.6 Å². The molecule has 1 amide bonds. The fourth-order valence-corrected chi connectivity index (χ4v) is 2.84. The number of rotatable bonds is 6. The number of carbonyl (C=O) groups excluding carboxylic acids is 1. The second-order valence-electron chi connectivity index (χ2n) is 5.14. The first-order valence-electron chi connectivity index (χ1n) is 7.59. The number of hydrazone groups is 1. The molecule has 0 atom stereocenters. The molecule has 0 aliphatic heterocycles. The highest BCUT2D eigenvalue weighted by Gasteiger charge is 2.10. The maximum absolute atomic E-state index is 12.1. The van der Waals surface area contributed by atoms with Gasteiger partial charge in [0.05, 0.1) is 13.3 Å². The Morgan fingerprint density at radius 3 is 2.62 bits per heavy atom. The molecule has 26 heavy (non-hydrogen) atoms. The molecule has 3 rings (SSSR count). The van der Waals surface area contributed by atoms with Gasteiger partial charge in [-0.1, -0.05) is 11.6 Å². The first-order chi connectivity index (χ1) is 12.6. The van der Waals surface area contributed by atoms with Crippen molar-refractivity contribution >= 4 is 45.9 Å². The maximum Gasteiger partial charge on any atom is 0.290 e. The van der Waals surface area contributed by atoms with E-state index in [1.54, 1.807) is 30.8 Å². The van der Waals surface area contributed by atoms with Gasteiger partial charge >= 0.3 is 0 Å². The molecular weight excluding hydrogens is 372 g/mol. The van der Waals surface area contributed by atoms with Gasteiger partial charge in [-0.3, -0.25) is 4.79 Å². The number of amides is 1. The van der Waals surface area contributed by atoms with Gasteiger partial charge in [0.2, 0.25) is 0 Å². The van der Waals surface area contributed by atoms with Gasteiger partial charge in [0.25, 0.3) is 5.91 Å². The summed E-state index contributed by atoms with van der Waals surface area (Å²) in [4.78, 5) is 16.3. The first kappa shape index (κ1) is 17.9. The van der Waals surface area contributed by atoms with Crippen LogP contribution >= 0.6 is 22.9 Å². The molecule has 0 aliphatic carbocycles. The third-order valence-electron chi connectivity index (χ3n) is 3.33. The third-order valence-corrected chi connectivity index (χ3v) is 4.34. The molecule has 0 saturated heterocycles. The van der Waals surface area contributed by atoms with Crippen LogP contribution in [0.5, 0.6) is 5.75 Å². The van der Waals surface area contributed by atoms with Gasteiger partial charge in [-0.15, -0.1) is 11.3 Å². The van der Waals surface area contributed by atoms with E-state index in [9.17, 15) is 4.79 Å². The zero-order valence-electron chi connectivity index (χ0n) is 13.8. The Hall–Kier alpha value is -2.90. The molecule has 0 aliphatic rings. The molecule has 0 fully saturated rings. The third kappa shape index (κ3) is 4.81. The van der Waals surface area contributed by atoms with Crippen molar-refractivity contribution in [1.29, 1.82) is 0 Å². The van der Waals surface area contributed by atoms with Crippen LogP contribution in [0.15, 0.2) is 59.0 Å². The number of halogens is 1. The normalized spacial score (nSPS) is 10.7. The Labute approximate surface area is 159 Å². The molecule has 3 aromatic rings. The van der Waals surface area contributed by atoms with Crippen LogP contribution in [0.3, 0.4) is 0 Å². The van der Waals surface area contributed by atoms with Gasteiger partial charge in [-0.25, -0.2) is 10.4 Å². The summed E-state index contributed by atoms with van der Waals surface area (Å²) >= 11 is 7.18. The molecule has 1 aromatic heterocycles. The lowest BCUT2D eigenvalue weighted by Crippen LogP contribution is -2.18. The summed E-state index contributed by atoms with van der Waals surface area (Å²) < 4.78 is 5.09. The highest BCUT2D eigenvalue weighted by Crippen LogP contribution is 2.22. The molecule has 2 N–H and O–H groups in total.